The summed E-state index contributed by atoms with van der Waals surface area (Å²) in [5, 5.41) is 12.3. The number of amides is 1. The molecule has 0 saturated carbocycles. The third kappa shape index (κ3) is 11.2. The monoisotopic (exact) mass is 919 g/mol. The van der Waals surface area contributed by atoms with Gasteiger partial charge in [-0.25, -0.2) is 9.46 Å². The molecular weight excluding hydrogens is 862 g/mol. The van der Waals surface area contributed by atoms with Gasteiger partial charge in [-0.15, -0.1) is 0 Å². The van der Waals surface area contributed by atoms with Crippen molar-refractivity contribution >= 4 is 20.3 Å². The van der Waals surface area contributed by atoms with E-state index in [1.807, 2.05) is 84.9 Å². The number of methoxy groups -OCH3 is 2. The first-order valence-corrected chi connectivity index (χ1v) is 23.3. The third-order valence-corrected chi connectivity index (χ3v) is 13.5. The molecule has 1 aromatic heterocycles. The highest BCUT2D eigenvalue weighted by atomic mass is 31.2. The summed E-state index contributed by atoms with van der Waals surface area (Å²) < 4.78 is 55.6. The number of nitrogens with zero attached hydrogens (tertiary/aromatic N) is 4. The maximum Gasteiger partial charge on any atom is 0.351 e. The quantitative estimate of drug-likeness (QED) is 0.0423. The molecule has 7 rings (SSSR count). The van der Waals surface area contributed by atoms with Gasteiger partial charge in [0.15, 0.2) is 12.5 Å². The van der Waals surface area contributed by atoms with Gasteiger partial charge in [0.1, 0.15) is 41.2 Å². The van der Waals surface area contributed by atoms with Crippen LogP contribution in [0, 0.1) is 11.3 Å². The number of carbonyl (C=O) groups excluding carboxylic acids is 1. The first-order chi connectivity index (χ1) is 32.1. The van der Waals surface area contributed by atoms with E-state index in [9.17, 15) is 14.9 Å². The number of carbonyl (C=O) groups is 1. The Bertz CT molecular complexity index is 2360. The Balaban J connectivity index is 1.34. The molecule has 66 heavy (non-hydrogen) atoms. The number of hydrogen-bond donors (Lipinski definition) is 1. The highest BCUT2D eigenvalue weighted by Crippen LogP contribution is 2.51. The van der Waals surface area contributed by atoms with Crippen LogP contribution in [0.15, 0.2) is 126 Å². The predicted molar refractivity (Wildman–Crippen MR) is 249 cm³/mol. The second kappa shape index (κ2) is 22.8. The van der Waals surface area contributed by atoms with Crippen LogP contribution in [0.25, 0.3) is 0 Å². The van der Waals surface area contributed by atoms with Crippen molar-refractivity contribution in [3.05, 3.63) is 154 Å². The fourth-order valence-electron chi connectivity index (χ4n) is 8.30. The molecular formula is C50H58N5O10P. The zero-order valence-electron chi connectivity index (χ0n) is 38.1. The van der Waals surface area contributed by atoms with E-state index in [2.05, 4.69) is 48.7 Å². The molecule has 348 valence electrons. The van der Waals surface area contributed by atoms with Crippen LogP contribution in [0.4, 0.5) is 5.82 Å². The van der Waals surface area contributed by atoms with Crippen molar-refractivity contribution in [3.8, 4) is 17.6 Å². The van der Waals surface area contributed by atoms with Gasteiger partial charge in [-0.1, -0.05) is 72.8 Å². The van der Waals surface area contributed by atoms with Crippen molar-refractivity contribution in [2.75, 3.05) is 39.4 Å². The van der Waals surface area contributed by atoms with Crippen molar-refractivity contribution in [3.63, 3.8) is 0 Å². The van der Waals surface area contributed by atoms with Crippen LogP contribution in [0.1, 0.15) is 80.2 Å². The highest BCUT2D eigenvalue weighted by molar-refractivity contribution is 7.44. The smallest absolute Gasteiger partial charge is 0.351 e. The van der Waals surface area contributed by atoms with Crippen LogP contribution in [0.3, 0.4) is 0 Å². The molecule has 2 saturated heterocycles. The van der Waals surface area contributed by atoms with E-state index in [1.54, 1.807) is 44.6 Å². The lowest BCUT2D eigenvalue weighted by Gasteiger charge is -2.39. The number of anilines is 1. The molecule has 6 atom stereocenters. The topological polar surface area (TPSA) is 165 Å². The summed E-state index contributed by atoms with van der Waals surface area (Å²) in [6, 6.07) is 37.7. The number of rotatable bonds is 21. The van der Waals surface area contributed by atoms with Gasteiger partial charge in [0.2, 0.25) is 0 Å². The van der Waals surface area contributed by atoms with E-state index in [4.69, 9.17) is 37.5 Å². The average molecular weight is 920 g/mol. The Morgan fingerprint density at radius 2 is 1.48 bits per heavy atom. The van der Waals surface area contributed by atoms with Crippen molar-refractivity contribution < 1.29 is 42.3 Å². The third-order valence-electron chi connectivity index (χ3n) is 11.4. The number of ether oxygens (including phenoxy) is 6. The lowest BCUT2D eigenvalue weighted by molar-refractivity contribution is -0.181. The lowest BCUT2D eigenvalue weighted by Crippen LogP contribution is -2.44. The maximum atomic E-state index is 14.2. The van der Waals surface area contributed by atoms with Crippen LogP contribution in [0.5, 0.6) is 11.5 Å². The number of benzene rings is 4. The highest BCUT2D eigenvalue weighted by Gasteiger charge is 2.52. The molecule has 0 radical (unpaired) electrons. The molecule has 2 unspecified atom stereocenters. The number of aromatic nitrogens is 2. The molecule has 1 N–H and O–H groups in total. The maximum absolute atomic E-state index is 14.2. The normalized spacial score (nSPS) is 20.1. The van der Waals surface area contributed by atoms with Gasteiger partial charge in [0, 0.05) is 36.9 Å². The fraction of sp³-hybridized carbons (Fsp3) is 0.400. The fourth-order valence-corrected chi connectivity index (χ4v) is 10.1. The van der Waals surface area contributed by atoms with Gasteiger partial charge >= 0.3 is 5.69 Å². The SMILES string of the molecule is COc1ccc(C(OC[C@H]2O[C@@H](n3ccc(NC(=O)c4ccccc4)nc3=O)[C@H](OC3CCCO3)[C@@H]2OP(OCCC#N)N(C(C)C)C(C)C)(c2ccccc2)c2ccc(OC)cc2)cc1. The zero-order chi connectivity index (χ0) is 46.6. The number of hydrogen-bond acceptors (Lipinski definition) is 13. The van der Waals surface area contributed by atoms with Gasteiger partial charge < -0.3 is 42.8 Å². The minimum atomic E-state index is -1.86. The van der Waals surface area contributed by atoms with Crippen LogP contribution in [0.2, 0.25) is 0 Å². The Kier molecular flexibility index (Phi) is 16.7. The minimum Gasteiger partial charge on any atom is -0.497 e. The molecule has 1 amide bonds. The molecule has 2 aliphatic rings. The first-order valence-electron chi connectivity index (χ1n) is 22.2. The summed E-state index contributed by atoms with van der Waals surface area (Å²) in [4.78, 5) is 31.5. The van der Waals surface area contributed by atoms with E-state index < -0.39 is 56.6 Å². The molecule has 16 heteroatoms. The van der Waals surface area contributed by atoms with E-state index in [0.717, 1.165) is 23.1 Å². The zero-order valence-corrected chi connectivity index (χ0v) is 39.0. The van der Waals surface area contributed by atoms with E-state index in [0.29, 0.717) is 30.1 Å². The average Bonchev–Trinajstić information content (AvgIpc) is 3.97. The summed E-state index contributed by atoms with van der Waals surface area (Å²) >= 11 is 0. The summed E-state index contributed by atoms with van der Waals surface area (Å²) in [6.07, 6.45) is -1.48. The second-order valence-corrected chi connectivity index (χ2v) is 17.8. The van der Waals surface area contributed by atoms with Gasteiger partial charge in [0.05, 0.1) is 39.9 Å². The summed E-state index contributed by atoms with van der Waals surface area (Å²) in [7, 11) is 1.38. The summed E-state index contributed by atoms with van der Waals surface area (Å²) in [5.41, 5.74) is 0.933. The van der Waals surface area contributed by atoms with Crippen molar-refractivity contribution in [1.82, 2.24) is 14.2 Å². The molecule has 15 nitrogen and oxygen atoms in total. The largest absolute Gasteiger partial charge is 0.497 e. The Morgan fingerprint density at radius 3 is 2.03 bits per heavy atom. The second-order valence-electron chi connectivity index (χ2n) is 16.4. The van der Waals surface area contributed by atoms with E-state index in [1.165, 1.54) is 10.8 Å². The van der Waals surface area contributed by atoms with Crippen molar-refractivity contribution in [1.29, 1.82) is 5.26 Å². The predicted octanol–water partition coefficient (Wildman–Crippen LogP) is 8.60. The van der Waals surface area contributed by atoms with Crippen LogP contribution in [-0.4, -0.2) is 90.9 Å². The molecule has 4 aromatic carbocycles. The first kappa shape index (κ1) is 48.4. The molecule has 2 fully saturated rings. The molecule has 5 aromatic rings. The number of nitrogens with one attached hydrogen (secondary N) is 1. The van der Waals surface area contributed by atoms with Crippen LogP contribution in [-0.2, 0) is 33.6 Å². The molecule has 2 aliphatic heterocycles. The van der Waals surface area contributed by atoms with Gasteiger partial charge in [0.25, 0.3) is 14.4 Å². The Hall–Kier alpha value is -5.53. The van der Waals surface area contributed by atoms with E-state index in [-0.39, 0.29) is 37.5 Å². The van der Waals surface area contributed by atoms with E-state index >= 15 is 0 Å². The molecule has 0 aliphatic carbocycles. The molecule has 3 heterocycles. The molecule has 0 bridgehead atoms. The minimum absolute atomic E-state index is 0.0233. The molecule has 0 spiro atoms. The van der Waals surface area contributed by atoms with Crippen molar-refractivity contribution in [2.24, 2.45) is 0 Å². The van der Waals surface area contributed by atoms with Crippen LogP contribution < -0.4 is 20.5 Å². The lowest BCUT2D eigenvalue weighted by atomic mass is 9.80. The van der Waals surface area contributed by atoms with Gasteiger partial charge in [-0.2, -0.15) is 10.2 Å². The standard InChI is InChI=1S/C50H58N5O10P/c1-34(2)55(35(3)4)66(62-32-14-29-51)65-45-42(33-61-50(37-17-11-8-12-18-37,38-20-24-40(58-5)25-21-38)39-22-26-41(59-6)27-23-39)63-48(46(45)64-44-19-13-31-60-44)54-30-28-43(53-49(54)57)52-47(56)36-15-9-7-10-16-36/h7-12,15-18,20-28,30,34-35,42,44-46,48H,13-14,19,31-33H2,1-6H3,(H,52,53,56,57)/t42-,44?,45-,46-,48-,66?/m1/s1. The van der Waals surface area contributed by atoms with Gasteiger partial charge in [-0.3, -0.25) is 9.36 Å². The van der Waals surface area contributed by atoms with Gasteiger partial charge in [-0.05, 0) is 93.3 Å². The van der Waals surface area contributed by atoms with Crippen LogP contribution >= 0.6 is 8.53 Å². The Morgan fingerprint density at radius 1 is 0.879 bits per heavy atom. The Labute approximate surface area is 387 Å². The van der Waals surface area contributed by atoms with Crippen molar-refractivity contribution in [2.45, 2.75) is 95.5 Å². The summed E-state index contributed by atoms with van der Waals surface area (Å²) in [6.45, 7) is 8.77. The summed E-state index contributed by atoms with van der Waals surface area (Å²) in [5.74, 6) is 1.00. The number of nitriles is 1.